The van der Waals surface area contributed by atoms with Crippen molar-refractivity contribution in [2.75, 3.05) is 7.05 Å². The highest BCUT2D eigenvalue weighted by molar-refractivity contribution is 5.03. The lowest BCUT2D eigenvalue weighted by Crippen LogP contribution is -2.25. The van der Waals surface area contributed by atoms with Crippen LogP contribution in [-0.2, 0) is 6.42 Å². The average Bonchev–Trinajstić information content (AvgIpc) is 2.47. The number of hydrogen-bond acceptors (Lipinski definition) is 3. The van der Waals surface area contributed by atoms with Gasteiger partial charge in [-0.3, -0.25) is 0 Å². The van der Waals surface area contributed by atoms with Gasteiger partial charge in [-0.25, -0.2) is 4.79 Å². The Labute approximate surface area is 69.4 Å². The largest absolute Gasteiger partial charge is 0.323 e. The SMILES string of the molecule is CNC(C#N)Cc1c[nH]c(=O)[nH]1. The van der Waals surface area contributed by atoms with E-state index in [0.29, 0.717) is 6.42 Å². The van der Waals surface area contributed by atoms with Crippen LogP contribution in [-0.4, -0.2) is 23.1 Å². The van der Waals surface area contributed by atoms with Crippen molar-refractivity contribution in [1.29, 1.82) is 5.26 Å². The average molecular weight is 166 g/mol. The molecule has 0 radical (unpaired) electrons. The third-order valence-corrected chi connectivity index (χ3v) is 1.58. The molecule has 1 aromatic rings. The quantitative estimate of drug-likeness (QED) is 0.558. The first kappa shape index (κ1) is 8.56. The molecule has 0 spiro atoms. The minimum Gasteiger partial charge on any atom is -0.313 e. The van der Waals surface area contributed by atoms with E-state index in [-0.39, 0.29) is 11.7 Å². The van der Waals surface area contributed by atoms with Gasteiger partial charge in [0.2, 0.25) is 0 Å². The normalized spacial score (nSPS) is 12.3. The molecule has 12 heavy (non-hydrogen) atoms. The second-order valence-electron chi connectivity index (χ2n) is 2.44. The highest BCUT2D eigenvalue weighted by atomic mass is 16.1. The van der Waals surface area contributed by atoms with E-state index in [0.717, 1.165) is 5.69 Å². The van der Waals surface area contributed by atoms with Gasteiger partial charge < -0.3 is 15.3 Å². The van der Waals surface area contributed by atoms with E-state index in [1.165, 1.54) is 0 Å². The molecule has 0 aromatic carbocycles. The Morgan fingerprint density at radius 2 is 2.58 bits per heavy atom. The first-order valence-electron chi connectivity index (χ1n) is 3.59. The number of H-pyrrole nitrogens is 2. The molecule has 0 amide bonds. The highest BCUT2D eigenvalue weighted by Crippen LogP contribution is 1.94. The van der Waals surface area contributed by atoms with Crippen molar-refractivity contribution in [3.63, 3.8) is 0 Å². The molecule has 0 fully saturated rings. The molecule has 1 rings (SSSR count). The van der Waals surface area contributed by atoms with Gasteiger partial charge >= 0.3 is 5.69 Å². The fourth-order valence-electron chi connectivity index (χ4n) is 0.913. The summed E-state index contributed by atoms with van der Waals surface area (Å²) < 4.78 is 0. The number of nitrogens with one attached hydrogen (secondary N) is 3. The molecule has 1 unspecified atom stereocenters. The molecule has 5 heteroatoms. The van der Waals surface area contributed by atoms with E-state index in [1.54, 1.807) is 13.2 Å². The molecule has 64 valence electrons. The van der Waals surface area contributed by atoms with Crippen molar-refractivity contribution >= 4 is 0 Å². The van der Waals surface area contributed by atoms with Crippen LogP contribution >= 0.6 is 0 Å². The van der Waals surface area contributed by atoms with Crippen molar-refractivity contribution in [3.05, 3.63) is 22.4 Å². The summed E-state index contributed by atoms with van der Waals surface area (Å²) in [6, 6.07) is 1.81. The van der Waals surface area contributed by atoms with Crippen molar-refractivity contribution < 1.29 is 0 Å². The lowest BCUT2D eigenvalue weighted by molar-refractivity contribution is 0.667. The van der Waals surface area contributed by atoms with Crippen LogP contribution in [0.15, 0.2) is 11.0 Å². The predicted molar refractivity (Wildman–Crippen MR) is 43.6 cm³/mol. The van der Waals surface area contributed by atoms with Gasteiger partial charge in [0, 0.05) is 18.3 Å². The summed E-state index contributed by atoms with van der Waals surface area (Å²) in [4.78, 5) is 15.7. The van der Waals surface area contributed by atoms with Gasteiger partial charge in [-0.2, -0.15) is 5.26 Å². The molecule has 1 atom stereocenters. The van der Waals surface area contributed by atoms with Crippen LogP contribution in [0.3, 0.4) is 0 Å². The maximum Gasteiger partial charge on any atom is 0.323 e. The number of rotatable bonds is 3. The smallest absolute Gasteiger partial charge is 0.313 e. The van der Waals surface area contributed by atoms with E-state index < -0.39 is 0 Å². The van der Waals surface area contributed by atoms with Crippen LogP contribution in [0.4, 0.5) is 0 Å². The summed E-state index contributed by atoms with van der Waals surface area (Å²) in [6.45, 7) is 0. The van der Waals surface area contributed by atoms with Gasteiger partial charge in [-0.15, -0.1) is 0 Å². The topological polar surface area (TPSA) is 84.5 Å². The zero-order valence-electron chi connectivity index (χ0n) is 6.72. The van der Waals surface area contributed by atoms with E-state index in [2.05, 4.69) is 21.4 Å². The molecule has 0 aliphatic heterocycles. The molecule has 5 nitrogen and oxygen atoms in total. The van der Waals surface area contributed by atoms with Crippen LogP contribution in [0.25, 0.3) is 0 Å². The number of nitrogens with zero attached hydrogens (tertiary/aromatic N) is 1. The Kier molecular flexibility index (Phi) is 2.66. The maximum absolute atomic E-state index is 10.6. The number of aromatic amines is 2. The number of hydrogen-bond donors (Lipinski definition) is 3. The summed E-state index contributed by atoms with van der Waals surface area (Å²) in [5, 5.41) is 11.4. The molecule has 1 aromatic heterocycles. The zero-order valence-corrected chi connectivity index (χ0v) is 6.72. The van der Waals surface area contributed by atoms with Gasteiger partial charge in [-0.05, 0) is 7.05 Å². The van der Waals surface area contributed by atoms with Gasteiger partial charge in [0.15, 0.2) is 0 Å². The Morgan fingerprint density at radius 1 is 1.83 bits per heavy atom. The van der Waals surface area contributed by atoms with Gasteiger partial charge in [0.1, 0.15) is 6.04 Å². The minimum atomic E-state index is -0.253. The lowest BCUT2D eigenvalue weighted by atomic mass is 10.2. The lowest BCUT2D eigenvalue weighted by Gasteiger charge is -2.03. The molecule has 0 saturated carbocycles. The molecule has 0 saturated heterocycles. The predicted octanol–water partition coefficient (Wildman–Crippen LogP) is -0.643. The van der Waals surface area contributed by atoms with Crippen LogP contribution in [0.2, 0.25) is 0 Å². The summed E-state index contributed by atoms with van der Waals surface area (Å²) in [5.74, 6) is 0. The molecule has 1 heterocycles. The Morgan fingerprint density at radius 3 is 3.00 bits per heavy atom. The first-order valence-corrected chi connectivity index (χ1v) is 3.59. The molecule has 0 aliphatic carbocycles. The summed E-state index contributed by atoms with van der Waals surface area (Å²) >= 11 is 0. The number of imidazole rings is 1. The third-order valence-electron chi connectivity index (χ3n) is 1.58. The number of nitriles is 1. The molecule has 0 bridgehead atoms. The highest BCUT2D eigenvalue weighted by Gasteiger charge is 2.05. The summed E-state index contributed by atoms with van der Waals surface area (Å²) in [7, 11) is 1.71. The molecule has 0 aliphatic rings. The van der Waals surface area contributed by atoms with Gasteiger partial charge in [0.05, 0.1) is 6.07 Å². The van der Waals surface area contributed by atoms with E-state index in [9.17, 15) is 4.79 Å². The standard InChI is InChI=1S/C7H10N4O/c1-9-5(3-8)2-6-4-10-7(12)11-6/h4-5,9H,2H2,1H3,(H2,10,11,12). The van der Waals surface area contributed by atoms with Crippen molar-refractivity contribution in [1.82, 2.24) is 15.3 Å². The third kappa shape index (κ3) is 1.97. The Balaban J connectivity index is 2.64. The zero-order chi connectivity index (χ0) is 8.97. The van der Waals surface area contributed by atoms with E-state index >= 15 is 0 Å². The van der Waals surface area contributed by atoms with Crippen LogP contribution in [0.5, 0.6) is 0 Å². The van der Waals surface area contributed by atoms with Crippen LogP contribution in [0, 0.1) is 11.3 Å². The Hall–Kier alpha value is -1.54. The fourth-order valence-corrected chi connectivity index (χ4v) is 0.913. The summed E-state index contributed by atoms with van der Waals surface area (Å²) in [6.07, 6.45) is 2.08. The van der Waals surface area contributed by atoms with Gasteiger partial charge in [0.25, 0.3) is 0 Å². The second kappa shape index (κ2) is 3.74. The van der Waals surface area contributed by atoms with Gasteiger partial charge in [-0.1, -0.05) is 0 Å². The molecular weight excluding hydrogens is 156 g/mol. The number of likely N-dealkylation sites (N-methyl/N-ethyl adjacent to an activating group) is 1. The molecule has 3 N–H and O–H groups in total. The van der Waals surface area contributed by atoms with E-state index in [4.69, 9.17) is 5.26 Å². The minimum absolute atomic E-state index is 0.238. The first-order chi connectivity index (χ1) is 5.76. The molecular formula is C7H10N4O. The fraction of sp³-hybridized carbons (Fsp3) is 0.429. The monoisotopic (exact) mass is 166 g/mol. The van der Waals surface area contributed by atoms with Crippen LogP contribution < -0.4 is 11.0 Å². The van der Waals surface area contributed by atoms with Crippen molar-refractivity contribution in [2.24, 2.45) is 0 Å². The van der Waals surface area contributed by atoms with E-state index in [1.807, 2.05) is 0 Å². The maximum atomic E-state index is 10.6. The van der Waals surface area contributed by atoms with Crippen molar-refractivity contribution in [3.8, 4) is 6.07 Å². The summed E-state index contributed by atoms with van der Waals surface area (Å²) in [5.41, 5.74) is 0.499. The van der Waals surface area contributed by atoms with Crippen LogP contribution in [0.1, 0.15) is 5.69 Å². The number of aromatic nitrogens is 2. The second-order valence-corrected chi connectivity index (χ2v) is 2.44. The Bertz CT molecular complexity index is 332. The van der Waals surface area contributed by atoms with Crippen molar-refractivity contribution in [2.45, 2.75) is 12.5 Å².